The van der Waals surface area contributed by atoms with Crippen LogP contribution < -0.4 is 10.5 Å². The van der Waals surface area contributed by atoms with Crippen LogP contribution in [0.5, 0.6) is 5.75 Å². The maximum absolute atomic E-state index is 10.5. The Kier molecular flexibility index (Phi) is 5.64. The Bertz CT molecular complexity index is 587. The summed E-state index contributed by atoms with van der Waals surface area (Å²) < 4.78 is 4.76. The number of methoxy groups -OCH3 is 1. The number of hydrogen-bond donors (Lipinski definition) is 2. The zero-order valence-corrected chi connectivity index (χ0v) is 10.7. The van der Waals surface area contributed by atoms with Crippen LogP contribution >= 0.6 is 0 Å². The predicted octanol–water partition coefficient (Wildman–Crippen LogP) is 0.969. The van der Waals surface area contributed by atoms with Gasteiger partial charge in [0.15, 0.2) is 5.75 Å². The zero-order chi connectivity index (χ0) is 15.0. The van der Waals surface area contributed by atoms with Gasteiger partial charge >= 0.3 is 5.97 Å². The molecule has 0 fully saturated rings. The van der Waals surface area contributed by atoms with Gasteiger partial charge in [0.2, 0.25) is 5.91 Å². The third kappa shape index (κ3) is 4.37. The van der Waals surface area contributed by atoms with E-state index in [9.17, 15) is 9.59 Å². The number of primary amides is 1. The Morgan fingerprint density at radius 3 is 2.15 bits per heavy atom. The van der Waals surface area contributed by atoms with Crippen molar-refractivity contribution in [2.45, 2.75) is 0 Å². The summed E-state index contributed by atoms with van der Waals surface area (Å²) in [5.74, 6) is -1.15. The summed E-state index contributed by atoms with van der Waals surface area (Å²) in [4.78, 5) is 28.3. The van der Waals surface area contributed by atoms with E-state index in [-0.39, 0.29) is 11.3 Å². The van der Waals surface area contributed by atoms with Crippen molar-refractivity contribution in [1.29, 1.82) is 0 Å². The van der Waals surface area contributed by atoms with Crippen LogP contribution in [0.4, 0.5) is 0 Å². The van der Waals surface area contributed by atoms with Gasteiger partial charge in [-0.3, -0.25) is 14.8 Å². The average Bonchev–Trinajstić information content (AvgIpc) is 2.48. The van der Waals surface area contributed by atoms with Gasteiger partial charge in [0, 0.05) is 24.2 Å². The third-order valence-electron chi connectivity index (χ3n) is 2.20. The lowest BCUT2D eigenvalue weighted by Gasteiger charge is -2.01. The summed E-state index contributed by atoms with van der Waals surface area (Å²) in [6.07, 6.45) is 5.83. The van der Waals surface area contributed by atoms with Gasteiger partial charge in [0.05, 0.1) is 13.3 Å². The van der Waals surface area contributed by atoms with Gasteiger partial charge < -0.3 is 15.6 Å². The number of nitrogens with two attached hydrogens (primary N) is 1. The first-order valence-electron chi connectivity index (χ1n) is 5.47. The van der Waals surface area contributed by atoms with E-state index < -0.39 is 11.9 Å². The molecule has 0 aliphatic carbocycles. The zero-order valence-electron chi connectivity index (χ0n) is 10.7. The van der Waals surface area contributed by atoms with Crippen molar-refractivity contribution in [2.24, 2.45) is 5.73 Å². The van der Waals surface area contributed by atoms with Crippen molar-refractivity contribution in [1.82, 2.24) is 9.97 Å². The lowest BCUT2D eigenvalue weighted by atomic mass is 10.2. The van der Waals surface area contributed by atoms with Crippen LogP contribution in [0.25, 0.3) is 0 Å². The van der Waals surface area contributed by atoms with Crippen molar-refractivity contribution in [3.63, 3.8) is 0 Å². The van der Waals surface area contributed by atoms with E-state index in [0.29, 0.717) is 5.56 Å². The summed E-state index contributed by atoms with van der Waals surface area (Å²) >= 11 is 0. The maximum atomic E-state index is 10.5. The fraction of sp³-hybridized carbons (Fsp3) is 0.0769. The van der Waals surface area contributed by atoms with Gasteiger partial charge in [0.1, 0.15) is 5.56 Å². The number of hydrogen-bond acceptors (Lipinski definition) is 5. The van der Waals surface area contributed by atoms with Gasteiger partial charge in [-0.15, -0.1) is 0 Å². The van der Waals surface area contributed by atoms with E-state index >= 15 is 0 Å². The van der Waals surface area contributed by atoms with Crippen LogP contribution in [0, 0.1) is 0 Å². The second kappa shape index (κ2) is 7.47. The molecule has 0 unspecified atom stereocenters. The van der Waals surface area contributed by atoms with Gasteiger partial charge in [-0.1, -0.05) is 0 Å². The summed E-state index contributed by atoms with van der Waals surface area (Å²) in [5, 5.41) is 8.59. The number of rotatable bonds is 3. The molecule has 2 rings (SSSR count). The molecular formula is C13H13N3O4. The van der Waals surface area contributed by atoms with Crippen LogP contribution in [-0.2, 0) is 0 Å². The van der Waals surface area contributed by atoms with Gasteiger partial charge in [0.25, 0.3) is 0 Å². The topological polar surface area (TPSA) is 115 Å². The van der Waals surface area contributed by atoms with Crippen LogP contribution in [0.3, 0.4) is 0 Å². The molecule has 0 saturated carbocycles. The van der Waals surface area contributed by atoms with Crippen LogP contribution in [-0.4, -0.2) is 34.1 Å². The fourth-order valence-corrected chi connectivity index (χ4v) is 1.24. The highest BCUT2D eigenvalue weighted by atomic mass is 16.5. The number of pyridine rings is 2. The highest BCUT2D eigenvalue weighted by Gasteiger charge is 2.08. The number of carboxylic acid groups (broad SMARTS) is 1. The SMILES string of the molecule is COc1cnccc1C(=O)O.NC(=O)c1ccncc1. The minimum absolute atomic E-state index is 0.127. The van der Waals surface area contributed by atoms with Crippen LogP contribution in [0.15, 0.2) is 43.0 Å². The highest BCUT2D eigenvalue weighted by Crippen LogP contribution is 2.14. The number of nitrogens with zero attached hydrogens (tertiary/aromatic N) is 2. The smallest absolute Gasteiger partial charge is 0.339 e. The monoisotopic (exact) mass is 275 g/mol. The van der Waals surface area contributed by atoms with Crippen LogP contribution in [0.1, 0.15) is 20.7 Å². The van der Waals surface area contributed by atoms with Crippen molar-refractivity contribution in [2.75, 3.05) is 7.11 Å². The van der Waals surface area contributed by atoms with E-state index in [2.05, 4.69) is 9.97 Å². The number of aromatic carboxylic acids is 1. The van der Waals surface area contributed by atoms with Crippen molar-refractivity contribution in [3.8, 4) is 5.75 Å². The van der Waals surface area contributed by atoms with Gasteiger partial charge in [-0.2, -0.15) is 0 Å². The highest BCUT2D eigenvalue weighted by molar-refractivity contribution is 5.92. The first-order chi connectivity index (χ1) is 9.56. The molecule has 0 aliphatic rings. The normalized spacial score (nSPS) is 9.05. The number of carboxylic acids is 1. The fourth-order valence-electron chi connectivity index (χ4n) is 1.24. The number of ether oxygens (including phenoxy) is 1. The molecule has 2 heterocycles. The summed E-state index contributed by atoms with van der Waals surface area (Å²) in [7, 11) is 1.41. The maximum Gasteiger partial charge on any atom is 0.339 e. The Morgan fingerprint density at radius 1 is 1.15 bits per heavy atom. The largest absolute Gasteiger partial charge is 0.494 e. The molecule has 0 atom stereocenters. The Morgan fingerprint density at radius 2 is 1.75 bits per heavy atom. The minimum atomic E-state index is -1.01. The Balaban J connectivity index is 0.000000204. The molecule has 0 radical (unpaired) electrons. The summed E-state index contributed by atoms with van der Waals surface area (Å²) in [6.45, 7) is 0. The molecule has 0 bridgehead atoms. The van der Waals surface area contributed by atoms with E-state index in [1.165, 1.54) is 38.0 Å². The quantitative estimate of drug-likeness (QED) is 0.862. The molecule has 2 aromatic heterocycles. The number of carbonyl (C=O) groups excluding carboxylic acids is 1. The average molecular weight is 275 g/mol. The molecule has 3 N–H and O–H groups in total. The van der Waals surface area contributed by atoms with Gasteiger partial charge in [-0.25, -0.2) is 4.79 Å². The molecule has 20 heavy (non-hydrogen) atoms. The lowest BCUT2D eigenvalue weighted by Crippen LogP contribution is -2.10. The van der Waals surface area contributed by atoms with E-state index in [0.717, 1.165) is 0 Å². The second-order valence-corrected chi connectivity index (χ2v) is 3.48. The molecule has 2 aromatic rings. The first kappa shape index (κ1) is 15.1. The Hall–Kier alpha value is -2.96. The molecule has 0 aromatic carbocycles. The van der Waals surface area contributed by atoms with Gasteiger partial charge in [-0.05, 0) is 18.2 Å². The molecule has 0 saturated heterocycles. The molecule has 7 nitrogen and oxygen atoms in total. The molecule has 1 amide bonds. The Labute approximate surface area is 115 Å². The summed E-state index contributed by atoms with van der Waals surface area (Å²) in [6, 6.07) is 4.53. The number of carbonyl (C=O) groups is 2. The molecular weight excluding hydrogens is 262 g/mol. The molecule has 104 valence electrons. The van der Waals surface area contributed by atoms with Crippen molar-refractivity contribution in [3.05, 3.63) is 54.1 Å². The standard InChI is InChI=1S/C7H7NO3.C6H6N2O/c1-11-6-4-8-3-2-5(6)7(9)10;7-6(9)5-1-3-8-4-2-5/h2-4H,1H3,(H,9,10);1-4H,(H2,7,9). The van der Waals surface area contributed by atoms with Crippen LogP contribution in [0.2, 0.25) is 0 Å². The first-order valence-corrected chi connectivity index (χ1v) is 5.47. The minimum Gasteiger partial charge on any atom is -0.494 e. The van der Waals surface area contributed by atoms with Crippen molar-refractivity contribution < 1.29 is 19.4 Å². The lowest BCUT2D eigenvalue weighted by molar-refractivity contribution is 0.0693. The van der Waals surface area contributed by atoms with E-state index in [4.69, 9.17) is 15.6 Å². The molecule has 0 spiro atoms. The van der Waals surface area contributed by atoms with E-state index in [1.807, 2.05) is 0 Å². The second-order valence-electron chi connectivity index (χ2n) is 3.48. The third-order valence-corrected chi connectivity index (χ3v) is 2.20. The number of aromatic nitrogens is 2. The molecule has 0 aliphatic heterocycles. The number of amides is 1. The van der Waals surface area contributed by atoms with Crippen molar-refractivity contribution >= 4 is 11.9 Å². The summed E-state index contributed by atoms with van der Waals surface area (Å²) in [5.41, 5.74) is 5.57. The predicted molar refractivity (Wildman–Crippen MR) is 70.5 cm³/mol. The van der Waals surface area contributed by atoms with E-state index in [1.54, 1.807) is 12.1 Å². The molecule has 7 heteroatoms.